The zero-order valence-corrected chi connectivity index (χ0v) is 15.8. The molecule has 0 aliphatic heterocycles. The summed E-state index contributed by atoms with van der Waals surface area (Å²) in [5.41, 5.74) is 2.52. The number of aryl methyl sites for hydroxylation is 2. The smallest absolute Gasteiger partial charge is 0.347 e. The zero-order chi connectivity index (χ0) is 20.1. The maximum absolute atomic E-state index is 12.6. The molecule has 0 aliphatic carbocycles. The highest BCUT2D eigenvalue weighted by atomic mass is 16.5. The van der Waals surface area contributed by atoms with Crippen LogP contribution in [0.5, 0.6) is 11.5 Å². The van der Waals surface area contributed by atoms with Crippen LogP contribution in [0.25, 0.3) is 0 Å². The molecule has 28 heavy (non-hydrogen) atoms. The van der Waals surface area contributed by atoms with Gasteiger partial charge in [0.25, 0.3) is 0 Å². The summed E-state index contributed by atoms with van der Waals surface area (Å²) in [4.78, 5) is 23.7. The summed E-state index contributed by atoms with van der Waals surface area (Å²) >= 11 is 0. The first-order chi connectivity index (χ1) is 13.4. The van der Waals surface area contributed by atoms with E-state index in [1.54, 1.807) is 48.5 Å². The lowest BCUT2D eigenvalue weighted by molar-refractivity contribution is -0.114. The third-order valence-corrected chi connectivity index (χ3v) is 4.05. The second-order valence-corrected chi connectivity index (χ2v) is 6.18. The Bertz CT molecular complexity index is 973. The zero-order valence-electron chi connectivity index (χ0n) is 15.8. The predicted molar refractivity (Wildman–Crippen MR) is 102 cm³/mol. The predicted octanol–water partition coefficient (Wildman–Crippen LogP) is 4.05. The van der Waals surface area contributed by atoms with Gasteiger partial charge in [0.05, 0.1) is 11.3 Å². The van der Waals surface area contributed by atoms with Crippen molar-refractivity contribution < 1.29 is 23.6 Å². The monoisotopic (exact) mass is 380 g/mol. The molecule has 0 unspecified atom stereocenters. The number of amides is 1. The fourth-order valence-electron chi connectivity index (χ4n) is 2.59. The number of hydrogen-bond acceptors (Lipinski definition) is 6. The van der Waals surface area contributed by atoms with Gasteiger partial charge in [-0.25, -0.2) is 4.79 Å². The van der Waals surface area contributed by atoms with Crippen LogP contribution in [0.2, 0.25) is 0 Å². The van der Waals surface area contributed by atoms with E-state index in [-0.39, 0.29) is 12.5 Å². The average Bonchev–Trinajstić information content (AvgIpc) is 2.99. The Morgan fingerprint density at radius 1 is 1.07 bits per heavy atom. The van der Waals surface area contributed by atoms with Gasteiger partial charge in [-0.2, -0.15) is 0 Å². The SMILES string of the molecule is CC(=O)Nc1ccc(OC(=O)c2ccccc2OCc2c(C)noc2C)cc1. The van der Waals surface area contributed by atoms with E-state index in [0.717, 1.165) is 11.3 Å². The molecule has 3 rings (SSSR count). The lowest BCUT2D eigenvalue weighted by atomic mass is 10.2. The Hall–Kier alpha value is -3.61. The first kappa shape index (κ1) is 19.2. The summed E-state index contributed by atoms with van der Waals surface area (Å²) in [5, 5.41) is 6.55. The number of esters is 1. The summed E-state index contributed by atoms with van der Waals surface area (Å²) in [6.07, 6.45) is 0. The van der Waals surface area contributed by atoms with Crippen LogP contribution in [0.1, 0.15) is 34.3 Å². The van der Waals surface area contributed by atoms with Gasteiger partial charge in [-0.1, -0.05) is 17.3 Å². The standard InChI is InChI=1S/C21H20N2O5/c1-13-19(14(2)28-23-13)12-26-20-7-5-4-6-18(20)21(25)27-17-10-8-16(9-11-17)22-15(3)24/h4-11H,12H2,1-3H3,(H,22,24). The van der Waals surface area contributed by atoms with Crippen molar-refractivity contribution in [3.05, 3.63) is 71.1 Å². The summed E-state index contributed by atoms with van der Waals surface area (Å²) in [6.45, 7) is 5.30. The van der Waals surface area contributed by atoms with Crippen LogP contribution in [-0.2, 0) is 11.4 Å². The molecule has 144 valence electrons. The maximum Gasteiger partial charge on any atom is 0.347 e. The second kappa shape index (κ2) is 8.39. The van der Waals surface area contributed by atoms with E-state index >= 15 is 0 Å². The largest absolute Gasteiger partial charge is 0.488 e. The lowest BCUT2D eigenvalue weighted by Gasteiger charge is -2.11. The minimum Gasteiger partial charge on any atom is -0.488 e. The Morgan fingerprint density at radius 3 is 2.43 bits per heavy atom. The molecule has 0 atom stereocenters. The van der Waals surface area contributed by atoms with Crippen molar-refractivity contribution in [3.63, 3.8) is 0 Å². The van der Waals surface area contributed by atoms with E-state index in [9.17, 15) is 9.59 Å². The molecule has 0 saturated heterocycles. The van der Waals surface area contributed by atoms with E-state index in [0.29, 0.717) is 28.5 Å². The van der Waals surface area contributed by atoms with Gasteiger partial charge < -0.3 is 19.3 Å². The van der Waals surface area contributed by atoms with Crippen LogP contribution in [0.15, 0.2) is 53.1 Å². The number of aromatic nitrogens is 1. The highest BCUT2D eigenvalue weighted by Gasteiger charge is 2.16. The Morgan fingerprint density at radius 2 is 1.79 bits per heavy atom. The van der Waals surface area contributed by atoms with Gasteiger partial charge in [-0.05, 0) is 50.2 Å². The molecular weight excluding hydrogens is 360 g/mol. The second-order valence-electron chi connectivity index (χ2n) is 6.18. The van der Waals surface area contributed by atoms with Crippen LogP contribution >= 0.6 is 0 Å². The third-order valence-electron chi connectivity index (χ3n) is 4.05. The first-order valence-corrected chi connectivity index (χ1v) is 8.67. The van der Waals surface area contributed by atoms with Gasteiger partial charge in [0.2, 0.25) is 5.91 Å². The Balaban J connectivity index is 1.71. The summed E-state index contributed by atoms with van der Waals surface area (Å²) in [6, 6.07) is 13.4. The van der Waals surface area contributed by atoms with Crippen LogP contribution in [-0.4, -0.2) is 17.0 Å². The van der Waals surface area contributed by atoms with Crippen molar-refractivity contribution in [1.82, 2.24) is 5.16 Å². The van der Waals surface area contributed by atoms with Crippen molar-refractivity contribution in [3.8, 4) is 11.5 Å². The molecule has 1 aromatic heterocycles. The molecular formula is C21H20N2O5. The van der Waals surface area contributed by atoms with Crippen molar-refractivity contribution in [2.75, 3.05) is 5.32 Å². The number of nitrogens with one attached hydrogen (secondary N) is 1. The van der Waals surface area contributed by atoms with Gasteiger partial charge in [-0.3, -0.25) is 4.79 Å². The van der Waals surface area contributed by atoms with Gasteiger partial charge in [0, 0.05) is 12.6 Å². The van der Waals surface area contributed by atoms with E-state index in [1.165, 1.54) is 6.92 Å². The lowest BCUT2D eigenvalue weighted by Crippen LogP contribution is -2.11. The molecule has 3 aromatic rings. The van der Waals surface area contributed by atoms with Crippen LogP contribution < -0.4 is 14.8 Å². The van der Waals surface area contributed by atoms with E-state index < -0.39 is 5.97 Å². The molecule has 0 bridgehead atoms. The van der Waals surface area contributed by atoms with Crippen molar-refractivity contribution in [2.24, 2.45) is 0 Å². The first-order valence-electron chi connectivity index (χ1n) is 8.67. The molecule has 0 radical (unpaired) electrons. The minimum atomic E-state index is -0.540. The molecule has 0 aliphatic rings. The van der Waals surface area contributed by atoms with E-state index in [4.69, 9.17) is 14.0 Å². The average molecular weight is 380 g/mol. The molecule has 0 saturated carbocycles. The normalized spacial score (nSPS) is 10.4. The number of benzene rings is 2. The Labute approximate surface area is 162 Å². The number of nitrogens with zero attached hydrogens (tertiary/aromatic N) is 1. The van der Waals surface area contributed by atoms with Crippen LogP contribution in [0.3, 0.4) is 0 Å². The van der Waals surface area contributed by atoms with Crippen molar-refractivity contribution in [1.29, 1.82) is 0 Å². The van der Waals surface area contributed by atoms with Crippen LogP contribution in [0.4, 0.5) is 5.69 Å². The minimum absolute atomic E-state index is 0.172. The molecule has 7 nitrogen and oxygen atoms in total. The fraction of sp³-hybridized carbons (Fsp3) is 0.190. The third kappa shape index (κ3) is 4.56. The summed E-state index contributed by atoms with van der Waals surface area (Å²) in [5.74, 6) is 0.731. The summed E-state index contributed by atoms with van der Waals surface area (Å²) in [7, 11) is 0. The number of rotatable bonds is 6. The highest BCUT2D eigenvalue weighted by molar-refractivity contribution is 5.94. The number of para-hydroxylation sites is 1. The van der Waals surface area contributed by atoms with Gasteiger partial charge in [-0.15, -0.1) is 0 Å². The summed E-state index contributed by atoms with van der Waals surface area (Å²) < 4.78 is 16.4. The van der Waals surface area contributed by atoms with Crippen molar-refractivity contribution >= 4 is 17.6 Å². The topological polar surface area (TPSA) is 90.7 Å². The molecule has 7 heteroatoms. The molecule has 2 aromatic carbocycles. The fourth-order valence-corrected chi connectivity index (χ4v) is 2.59. The van der Waals surface area contributed by atoms with E-state index in [1.807, 2.05) is 13.8 Å². The van der Waals surface area contributed by atoms with Crippen molar-refractivity contribution in [2.45, 2.75) is 27.4 Å². The van der Waals surface area contributed by atoms with Gasteiger partial charge in [0.15, 0.2) is 0 Å². The maximum atomic E-state index is 12.6. The number of ether oxygens (including phenoxy) is 2. The molecule has 0 fully saturated rings. The van der Waals surface area contributed by atoms with Gasteiger partial charge in [0.1, 0.15) is 29.4 Å². The van der Waals surface area contributed by atoms with Gasteiger partial charge >= 0.3 is 5.97 Å². The van der Waals surface area contributed by atoms with Crippen LogP contribution in [0, 0.1) is 13.8 Å². The van der Waals surface area contributed by atoms with E-state index in [2.05, 4.69) is 10.5 Å². The quantitative estimate of drug-likeness (QED) is 0.512. The molecule has 1 N–H and O–H groups in total. The molecule has 1 amide bonds. The molecule has 0 spiro atoms. The number of carbonyl (C=O) groups is 2. The highest BCUT2D eigenvalue weighted by Crippen LogP contribution is 2.24. The Kier molecular flexibility index (Phi) is 5.74. The molecule has 1 heterocycles. The number of carbonyl (C=O) groups excluding carboxylic acids is 2. The number of hydrogen-bond donors (Lipinski definition) is 1. The number of anilines is 1.